The Hall–Kier alpha value is -1.88. The first-order valence-corrected chi connectivity index (χ1v) is 7.30. The fourth-order valence-electron chi connectivity index (χ4n) is 1.84. The van der Waals surface area contributed by atoms with Crippen LogP contribution in [0.1, 0.15) is 24.2 Å². The Morgan fingerprint density at radius 1 is 1.14 bits per heavy atom. The third kappa shape index (κ3) is 3.61. The molecule has 110 valence electrons. The smallest absolute Gasteiger partial charge is 0.310 e. The Morgan fingerprint density at radius 3 is 2.43 bits per heavy atom. The monoisotopic (exact) mass is 349 g/mol. The minimum atomic E-state index is -0.989. The molecule has 0 heterocycles. The van der Waals surface area contributed by atoms with Crippen molar-refractivity contribution in [2.45, 2.75) is 13.8 Å². The zero-order valence-corrected chi connectivity index (χ0v) is 13.4. The van der Waals surface area contributed by atoms with E-state index in [9.17, 15) is 9.59 Å². The van der Waals surface area contributed by atoms with Crippen LogP contribution >= 0.6 is 15.9 Å². The molecule has 0 aliphatic carbocycles. The van der Waals surface area contributed by atoms with Crippen molar-refractivity contribution in [1.29, 1.82) is 0 Å². The van der Waals surface area contributed by atoms with Crippen molar-refractivity contribution >= 4 is 38.6 Å². The van der Waals surface area contributed by atoms with Gasteiger partial charge in [-0.3, -0.25) is 9.59 Å². The molecule has 0 fully saturated rings. The summed E-state index contributed by atoms with van der Waals surface area (Å²) < 4.78 is 0.982. The minimum absolute atomic E-state index is 0.0829. The van der Waals surface area contributed by atoms with E-state index in [1.54, 1.807) is 26.0 Å². The van der Waals surface area contributed by atoms with Crippen molar-refractivity contribution in [2.24, 2.45) is 5.41 Å². The predicted octanol–water partition coefficient (Wildman–Crippen LogP) is 3.44. The van der Waals surface area contributed by atoms with Crippen LogP contribution in [-0.4, -0.2) is 23.5 Å². The second-order valence-corrected chi connectivity index (χ2v) is 6.49. The largest absolute Gasteiger partial charge is 0.481 e. The number of hydrogen-bond donors (Lipinski definition) is 2. The molecule has 4 nitrogen and oxygen atoms in total. The summed E-state index contributed by atoms with van der Waals surface area (Å²) in [4.78, 5) is 23.1. The van der Waals surface area contributed by atoms with Gasteiger partial charge >= 0.3 is 5.97 Å². The number of halogens is 1. The number of hydrogen-bond acceptors (Lipinski definition) is 2. The molecule has 5 heteroatoms. The van der Waals surface area contributed by atoms with E-state index < -0.39 is 11.4 Å². The van der Waals surface area contributed by atoms with Crippen LogP contribution in [0.25, 0.3) is 10.8 Å². The van der Waals surface area contributed by atoms with E-state index >= 15 is 0 Å². The Bertz CT molecular complexity index is 710. The standard InChI is InChI=1S/C16H16BrNO3/c1-16(2,15(20)21)9-18-14(19)12-4-3-11-8-13(17)6-5-10(11)7-12/h3-8H,9H2,1-2H3,(H,18,19)(H,20,21). The summed E-state index contributed by atoms with van der Waals surface area (Å²) in [5, 5.41) is 13.7. The molecule has 0 saturated heterocycles. The van der Waals surface area contributed by atoms with Crippen LogP contribution in [0.15, 0.2) is 40.9 Å². The van der Waals surface area contributed by atoms with Crippen LogP contribution in [0.3, 0.4) is 0 Å². The molecule has 0 aromatic heterocycles. The lowest BCUT2D eigenvalue weighted by molar-refractivity contribution is -0.146. The van der Waals surface area contributed by atoms with E-state index in [1.165, 1.54) is 0 Å². The maximum atomic E-state index is 12.1. The average molecular weight is 350 g/mol. The highest BCUT2D eigenvalue weighted by atomic mass is 79.9. The molecule has 0 aliphatic rings. The summed E-state index contributed by atoms with van der Waals surface area (Å²) in [5.74, 6) is -1.21. The average Bonchev–Trinajstić information content (AvgIpc) is 2.44. The molecule has 2 rings (SSSR count). The van der Waals surface area contributed by atoms with Crippen LogP contribution in [-0.2, 0) is 4.79 Å². The van der Waals surface area contributed by atoms with Crippen molar-refractivity contribution in [3.05, 3.63) is 46.4 Å². The van der Waals surface area contributed by atoms with Crippen molar-refractivity contribution in [3.63, 3.8) is 0 Å². The van der Waals surface area contributed by atoms with Crippen molar-refractivity contribution in [3.8, 4) is 0 Å². The van der Waals surface area contributed by atoms with Crippen LogP contribution in [0.2, 0.25) is 0 Å². The number of benzene rings is 2. The topological polar surface area (TPSA) is 66.4 Å². The first kappa shape index (κ1) is 15.5. The van der Waals surface area contributed by atoms with Gasteiger partial charge in [-0.25, -0.2) is 0 Å². The maximum Gasteiger partial charge on any atom is 0.310 e. The number of fused-ring (bicyclic) bond motifs is 1. The van der Waals surface area contributed by atoms with Crippen LogP contribution in [0.5, 0.6) is 0 Å². The molecular weight excluding hydrogens is 334 g/mol. The van der Waals surface area contributed by atoms with E-state index in [2.05, 4.69) is 21.2 Å². The van der Waals surface area contributed by atoms with Crippen LogP contribution < -0.4 is 5.32 Å². The number of carboxylic acids is 1. The van der Waals surface area contributed by atoms with Gasteiger partial charge in [-0.15, -0.1) is 0 Å². The summed E-state index contributed by atoms with van der Waals surface area (Å²) in [5.41, 5.74) is -0.469. The van der Waals surface area contributed by atoms with Gasteiger partial charge in [-0.05, 0) is 48.9 Å². The summed E-state index contributed by atoms with van der Waals surface area (Å²) in [6.07, 6.45) is 0. The molecule has 0 aliphatic heterocycles. The van der Waals surface area contributed by atoms with Gasteiger partial charge in [0.25, 0.3) is 5.91 Å². The number of carbonyl (C=O) groups is 2. The second kappa shape index (κ2) is 5.85. The first-order chi connectivity index (χ1) is 9.79. The van der Waals surface area contributed by atoms with Crippen molar-refractivity contribution in [1.82, 2.24) is 5.32 Å². The van der Waals surface area contributed by atoms with Gasteiger partial charge in [0.05, 0.1) is 5.41 Å². The van der Waals surface area contributed by atoms with E-state index in [1.807, 2.05) is 24.3 Å². The number of aliphatic carboxylic acids is 1. The lowest BCUT2D eigenvalue weighted by atomic mass is 9.94. The van der Waals surface area contributed by atoms with E-state index in [4.69, 9.17) is 5.11 Å². The molecule has 1 amide bonds. The molecule has 0 unspecified atom stereocenters. The molecule has 0 saturated carbocycles. The number of carboxylic acid groups (broad SMARTS) is 1. The van der Waals surface area contributed by atoms with Crippen molar-refractivity contribution < 1.29 is 14.7 Å². The van der Waals surface area contributed by atoms with Crippen molar-refractivity contribution in [2.75, 3.05) is 6.54 Å². The molecule has 2 N–H and O–H groups in total. The SMILES string of the molecule is CC(C)(CNC(=O)c1ccc2cc(Br)ccc2c1)C(=O)O. The normalized spacial score (nSPS) is 11.4. The molecule has 0 atom stereocenters. The van der Waals surface area contributed by atoms with Gasteiger partial charge in [-0.2, -0.15) is 0 Å². The molecule has 0 bridgehead atoms. The van der Waals surface area contributed by atoms with Gasteiger partial charge in [-0.1, -0.05) is 28.1 Å². The Kier molecular flexibility index (Phi) is 4.32. The molecule has 2 aromatic rings. The fraction of sp³-hybridized carbons (Fsp3) is 0.250. The Morgan fingerprint density at radius 2 is 1.76 bits per heavy atom. The third-order valence-corrected chi connectivity index (χ3v) is 3.83. The van der Waals surface area contributed by atoms with E-state index in [0.717, 1.165) is 15.2 Å². The molecule has 21 heavy (non-hydrogen) atoms. The Labute approximate surface area is 131 Å². The summed E-state index contributed by atoms with van der Waals surface area (Å²) in [6, 6.07) is 11.2. The highest BCUT2D eigenvalue weighted by Gasteiger charge is 2.27. The van der Waals surface area contributed by atoms with Gasteiger partial charge < -0.3 is 10.4 Å². The molecule has 0 radical (unpaired) electrons. The van der Waals surface area contributed by atoms with Gasteiger partial charge in [0.2, 0.25) is 0 Å². The predicted molar refractivity (Wildman–Crippen MR) is 85.4 cm³/mol. The molecule has 0 spiro atoms. The summed E-state index contributed by atoms with van der Waals surface area (Å²) >= 11 is 3.41. The lowest BCUT2D eigenvalue weighted by Gasteiger charge is -2.19. The molecule has 2 aromatic carbocycles. The first-order valence-electron chi connectivity index (χ1n) is 6.50. The fourth-order valence-corrected chi connectivity index (χ4v) is 2.22. The second-order valence-electron chi connectivity index (χ2n) is 5.58. The summed E-state index contributed by atoms with van der Waals surface area (Å²) in [7, 11) is 0. The quantitative estimate of drug-likeness (QED) is 0.888. The number of nitrogens with one attached hydrogen (secondary N) is 1. The number of carbonyl (C=O) groups excluding carboxylic acids is 1. The van der Waals surface area contributed by atoms with Gasteiger partial charge in [0.1, 0.15) is 0 Å². The lowest BCUT2D eigenvalue weighted by Crippen LogP contribution is -2.38. The van der Waals surface area contributed by atoms with Crippen LogP contribution in [0, 0.1) is 5.41 Å². The van der Waals surface area contributed by atoms with E-state index in [-0.39, 0.29) is 12.5 Å². The summed E-state index contributed by atoms with van der Waals surface area (Å²) in [6.45, 7) is 3.24. The third-order valence-electron chi connectivity index (χ3n) is 3.33. The van der Waals surface area contributed by atoms with Gasteiger partial charge in [0, 0.05) is 16.6 Å². The number of amides is 1. The zero-order valence-electron chi connectivity index (χ0n) is 11.8. The maximum absolute atomic E-state index is 12.1. The minimum Gasteiger partial charge on any atom is -0.481 e. The highest BCUT2D eigenvalue weighted by molar-refractivity contribution is 9.10. The zero-order chi connectivity index (χ0) is 15.6. The Balaban J connectivity index is 2.16. The highest BCUT2D eigenvalue weighted by Crippen LogP contribution is 2.21. The van der Waals surface area contributed by atoms with E-state index in [0.29, 0.717) is 5.56 Å². The number of rotatable bonds is 4. The van der Waals surface area contributed by atoms with Gasteiger partial charge in [0.15, 0.2) is 0 Å². The molecular formula is C16H16BrNO3. The van der Waals surface area contributed by atoms with Crippen LogP contribution in [0.4, 0.5) is 0 Å².